The summed E-state index contributed by atoms with van der Waals surface area (Å²) in [5, 5.41) is 11.2. The molecule has 2 aromatic rings. The van der Waals surface area contributed by atoms with Gasteiger partial charge in [-0.1, -0.05) is 0 Å². The molecule has 0 amide bonds. The third-order valence-corrected chi connectivity index (χ3v) is 3.34. The van der Waals surface area contributed by atoms with Crippen LogP contribution in [0.1, 0.15) is 0 Å². The van der Waals surface area contributed by atoms with E-state index in [0.29, 0.717) is 0 Å². The largest absolute Gasteiger partial charge is 1.00 e. The third-order valence-electron chi connectivity index (χ3n) is 2.49. The van der Waals surface area contributed by atoms with Crippen LogP contribution in [0.15, 0.2) is 35.2 Å². The van der Waals surface area contributed by atoms with Crippen LogP contribution < -0.4 is 35.3 Å². The summed E-state index contributed by atoms with van der Waals surface area (Å²) in [6, 6.07) is 5.99. The van der Waals surface area contributed by atoms with Crippen molar-refractivity contribution in [2.45, 2.75) is 4.90 Å². The second kappa shape index (κ2) is 5.43. The molecule has 0 unspecified atom stereocenters. The van der Waals surface area contributed by atoms with Gasteiger partial charge in [-0.05, 0) is 24.3 Å². The summed E-state index contributed by atoms with van der Waals surface area (Å²) in [4.78, 5) is 9.86. The van der Waals surface area contributed by atoms with Gasteiger partial charge in [-0.15, -0.1) is 0 Å². The van der Waals surface area contributed by atoms with Crippen LogP contribution in [0.2, 0.25) is 0 Å². The van der Waals surface area contributed by atoms with Gasteiger partial charge in [0.25, 0.3) is 15.8 Å². The van der Waals surface area contributed by atoms with Crippen LogP contribution in [0, 0.1) is 10.1 Å². The van der Waals surface area contributed by atoms with Crippen LogP contribution in [-0.2, 0) is 10.1 Å². The molecule has 0 aliphatic heterocycles. The number of nitro benzene ring substituents is 1. The number of non-ortho nitro benzene ring substituents is 1. The summed E-state index contributed by atoms with van der Waals surface area (Å²) in [6.07, 6.45) is 0. The van der Waals surface area contributed by atoms with Gasteiger partial charge in [0.1, 0.15) is 0 Å². The van der Waals surface area contributed by atoms with E-state index < -0.39 is 15.0 Å². The van der Waals surface area contributed by atoms with Gasteiger partial charge in [0.15, 0.2) is 0 Å². The number of nitrogen functional groups attached to an aromatic ring is 1. The van der Waals surface area contributed by atoms with Crippen LogP contribution in [0.5, 0.6) is 0 Å². The molecule has 0 aromatic heterocycles. The zero-order valence-corrected chi connectivity index (χ0v) is 12.7. The molecule has 0 saturated carbocycles. The van der Waals surface area contributed by atoms with Gasteiger partial charge >= 0.3 is 29.6 Å². The summed E-state index contributed by atoms with van der Waals surface area (Å²) >= 11 is 0. The second-order valence-electron chi connectivity index (χ2n) is 3.61. The standard InChI is InChI=1S/C10H8N2O5S.Na/c11-9-3-4-10(12(13)14)7-2-1-6(5-8(7)9)18(15,16)17;/h1-5H,11H2,(H,15,16,17);/q;+1. The van der Waals surface area contributed by atoms with Crippen LogP contribution in [0.25, 0.3) is 10.8 Å². The Hall–Kier alpha value is -1.19. The fraction of sp³-hybridized carbons (Fsp3) is 0. The summed E-state index contributed by atoms with van der Waals surface area (Å²) < 4.78 is 30.9. The summed E-state index contributed by atoms with van der Waals surface area (Å²) in [6.45, 7) is 0. The minimum absolute atomic E-state index is 0. The van der Waals surface area contributed by atoms with E-state index in [0.717, 1.165) is 12.1 Å². The molecule has 0 atom stereocenters. The summed E-state index contributed by atoms with van der Waals surface area (Å²) in [7, 11) is -4.37. The quantitative estimate of drug-likeness (QED) is 0.230. The molecule has 19 heavy (non-hydrogen) atoms. The molecule has 0 saturated heterocycles. The minimum atomic E-state index is -4.37. The zero-order chi connectivity index (χ0) is 13.5. The number of nitrogens with two attached hydrogens (primary N) is 1. The molecular weight excluding hydrogens is 283 g/mol. The van der Waals surface area contributed by atoms with Crippen LogP contribution in [0.3, 0.4) is 0 Å². The van der Waals surface area contributed by atoms with Crippen molar-refractivity contribution in [2.75, 3.05) is 5.73 Å². The van der Waals surface area contributed by atoms with Crippen molar-refractivity contribution >= 4 is 32.3 Å². The van der Waals surface area contributed by atoms with E-state index in [1.807, 2.05) is 0 Å². The number of fused-ring (bicyclic) bond motifs is 1. The van der Waals surface area contributed by atoms with Crippen molar-refractivity contribution in [3.8, 4) is 0 Å². The van der Waals surface area contributed by atoms with Gasteiger partial charge in [0.2, 0.25) is 0 Å². The Kier molecular flexibility index (Phi) is 4.54. The molecule has 2 rings (SSSR count). The van der Waals surface area contributed by atoms with Gasteiger partial charge in [0.05, 0.1) is 15.2 Å². The van der Waals surface area contributed by atoms with Crippen molar-refractivity contribution in [3.63, 3.8) is 0 Å². The van der Waals surface area contributed by atoms with Crippen molar-refractivity contribution in [1.29, 1.82) is 0 Å². The number of hydrogen-bond acceptors (Lipinski definition) is 5. The molecule has 0 aliphatic rings. The Balaban J connectivity index is 0.00000180. The maximum Gasteiger partial charge on any atom is 1.00 e. The van der Waals surface area contributed by atoms with E-state index >= 15 is 0 Å². The van der Waals surface area contributed by atoms with Crippen LogP contribution in [-0.4, -0.2) is 17.9 Å². The van der Waals surface area contributed by atoms with Gasteiger partial charge in [0, 0.05) is 17.1 Å². The minimum Gasteiger partial charge on any atom is -0.398 e. The predicted octanol–water partition coefficient (Wildman–Crippen LogP) is -1.42. The molecule has 9 heteroatoms. The van der Waals surface area contributed by atoms with E-state index in [9.17, 15) is 18.5 Å². The van der Waals surface area contributed by atoms with Crippen LogP contribution >= 0.6 is 0 Å². The monoisotopic (exact) mass is 291 g/mol. The average molecular weight is 291 g/mol. The number of rotatable bonds is 2. The zero-order valence-electron chi connectivity index (χ0n) is 9.90. The summed E-state index contributed by atoms with van der Waals surface area (Å²) in [5.41, 5.74) is 5.65. The van der Waals surface area contributed by atoms with Crippen LogP contribution in [0.4, 0.5) is 11.4 Å². The smallest absolute Gasteiger partial charge is 0.398 e. The first-order chi connectivity index (χ1) is 8.30. The van der Waals surface area contributed by atoms with Crippen molar-refractivity contribution in [3.05, 3.63) is 40.4 Å². The number of nitro groups is 1. The van der Waals surface area contributed by atoms with Crippen molar-refractivity contribution < 1.29 is 47.5 Å². The Morgan fingerprint density at radius 3 is 2.32 bits per heavy atom. The first-order valence-corrected chi connectivity index (χ1v) is 6.19. The number of nitrogens with zero attached hydrogens (tertiary/aromatic N) is 1. The SMILES string of the molecule is Nc1ccc([N+](=O)[O-])c2ccc(S(=O)(=O)O)cc12.[Na+]. The molecule has 0 heterocycles. The second-order valence-corrected chi connectivity index (χ2v) is 5.04. The fourth-order valence-electron chi connectivity index (χ4n) is 1.65. The average Bonchev–Trinajstić information content (AvgIpc) is 2.27. The maximum atomic E-state index is 11.0. The van der Waals surface area contributed by atoms with Gasteiger partial charge < -0.3 is 5.73 Å². The molecule has 0 radical (unpaired) electrons. The van der Waals surface area contributed by atoms with E-state index in [2.05, 4.69) is 0 Å². The molecule has 0 bridgehead atoms. The van der Waals surface area contributed by atoms with Gasteiger partial charge in [-0.2, -0.15) is 8.42 Å². The molecular formula is C10H8N2NaO5S+. The van der Waals surface area contributed by atoms with Gasteiger partial charge in [-0.3, -0.25) is 14.7 Å². The number of benzene rings is 2. The van der Waals surface area contributed by atoms with E-state index in [1.165, 1.54) is 18.2 Å². The third kappa shape index (κ3) is 3.04. The summed E-state index contributed by atoms with van der Waals surface area (Å²) in [5.74, 6) is 0. The van der Waals surface area contributed by atoms with Gasteiger partial charge in [-0.25, -0.2) is 0 Å². The van der Waals surface area contributed by atoms with E-state index in [-0.39, 0.29) is 56.6 Å². The number of hydrogen-bond donors (Lipinski definition) is 2. The number of anilines is 1. The molecule has 2 aromatic carbocycles. The Bertz CT molecular complexity index is 760. The molecule has 0 aliphatic carbocycles. The maximum absolute atomic E-state index is 11.0. The normalized spacial score (nSPS) is 11.0. The first kappa shape index (κ1) is 15.9. The molecule has 7 nitrogen and oxygen atoms in total. The Morgan fingerprint density at radius 2 is 1.79 bits per heavy atom. The molecule has 94 valence electrons. The van der Waals surface area contributed by atoms with E-state index in [1.54, 1.807) is 0 Å². The fourth-order valence-corrected chi connectivity index (χ4v) is 2.16. The molecule has 3 N–H and O–H groups in total. The Labute approximate surface area is 130 Å². The first-order valence-electron chi connectivity index (χ1n) is 4.75. The molecule has 0 spiro atoms. The topological polar surface area (TPSA) is 124 Å². The predicted molar refractivity (Wildman–Crippen MR) is 64.8 cm³/mol. The van der Waals surface area contributed by atoms with Crippen molar-refractivity contribution in [1.82, 2.24) is 0 Å². The molecule has 0 fully saturated rings. The van der Waals surface area contributed by atoms with E-state index in [4.69, 9.17) is 10.3 Å². The van der Waals surface area contributed by atoms with Crippen molar-refractivity contribution in [2.24, 2.45) is 0 Å². The Morgan fingerprint density at radius 1 is 1.16 bits per heavy atom.